The first kappa shape index (κ1) is 19.2. The van der Waals surface area contributed by atoms with Gasteiger partial charge in [-0.2, -0.15) is 5.10 Å². The Morgan fingerprint density at radius 2 is 1.71 bits per heavy atom. The molecule has 3 aromatic rings. The van der Waals surface area contributed by atoms with E-state index in [0.29, 0.717) is 6.61 Å². The minimum atomic E-state index is -0.183. The summed E-state index contributed by atoms with van der Waals surface area (Å²) >= 11 is 0. The van der Waals surface area contributed by atoms with Crippen molar-refractivity contribution in [2.24, 2.45) is 5.10 Å². The molecule has 3 rings (SSSR count). The quantitative estimate of drug-likeness (QED) is 0.479. The van der Waals surface area contributed by atoms with Gasteiger partial charge in [0.1, 0.15) is 18.1 Å². The average Bonchev–Trinajstić information content (AvgIpc) is 2.74. The molecule has 0 aliphatic carbocycles. The fourth-order valence-corrected chi connectivity index (χ4v) is 2.57. The van der Waals surface area contributed by atoms with Crippen molar-refractivity contribution in [1.29, 1.82) is 0 Å². The first-order valence-corrected chi connectivity index (χ1v) is 8.94. The molecule has 1 amide bonds. The van der Waals surface area contributed by atoms with Crippen molar-refractivity contribution in [3.05, 3.63) is 95.6 Å². The number of carbonyl (C=O) groups excluding carboxylic acids is 1. The van der Waals surface area contributed by atoms with Crippen LogP contribution in [0, 0.1) is 0 Å². The summed E-state index contributed by atoms with van der Waals surface area (Å²) in [5, 5.41) is 4.03. The molecule has 1 N–H and O–H groups in total. The second-order valence-corrected chi connectivity index (χ2v) is 6.16. The van der Waals surface area contributed by atoms with Gasteiger partial charge in [0.25, 0.3) is 0 Å². The number of rotatable bonds is 8. The molecule has 0 saturated heterocycles. The Bertz CT molecular complexity index is 922. The molecule has 142 valence electrons. The molecular weight excluding hydrogens is 352 g/mol. The van der Waals surface area contributed by atoms with Crippen LogP contribution in [0.1, 0.15) is 16.7 Å². The van der Waals surface area contributed by atoms with Gasteiger partial charge in [-0.25, -0.2) is 5.43 Å². The summed E-state index contributed by atoms with van der Waals surface area (Å²) in [6.45, 7) is 0.500. The Balaban J connectivity index is 1.50. The van der Waals surface area contributed by atoms with Crippen LogP contribution in [-0.2, 0) is 17.8 Å². The molecule has 0 spiro atoms. The molecule has 0 radical (unpaired) electrons. The highest BCUT2D eigenvalue weighted by atomic mass is 16.5. The zero-order chi connectivity index (χ0) is 19.6. The largest absolute Gasteiger partial charge is 0.497 e. The molecule has 0 aromatic heterocycles. The van der Waals surface area contributed by atoms with Crippen molar-refractivity contribution in [1.82, 2.24) is 5.43 Å². The van der Waals surface area contributed by atoms with Crippen molar-refractivity contribution in [3.63, 3.8) is 0 Å². The molecule has 28 heavy (non-hydrogen) atoms. The van der Waals surface area contributed by atoms with Gasteiger partial charge in [0.05, 0.1) is 19.7 Å². The fourth-order valence-electron chi connectivity index (χ4n) is 2.57. The van der Waals surface area contributed by atoms with E-state index in [-0.39, 0.29) is 12.3 Å². The van der Waals surface area contributed by atoms with E-state index in [1.807, 2.05) is 78.9 Å². The Hall–Kier alpha value is -3.60. The Morgan fingerprint density at radius 1 is 0.929 bits per heavy atom. The number of ether oxygens (including phenoxy) is 2. The first-order valence-electron chi connectivity index (χ1n) is 8.94. The topological polar surface area (TPSA) is 59.9 Å². The lowest BCUT2D eigenvalue weighted by molar-refractivity contribution is -0.120. The molecule has 0 bridgehead atoms. The summed E-state index contributed by atoms with van der Waals surface area (Å²) in [5.41, 5.74) is 5.38. The van der Waals surface area contributed by atoms with Crippen LogP contribution in [0.25, 0.3) is 0 Å². The number of hydrazone groups is 1. The third-order valence-corrected chi connectivity index (χ3v) is 4.03. The number of methoxy groups -OCH3 is 1. The first-order chi connectivity index (χ1) is 13.7. The molecule has 0 saturated carbocycles. The number of amides is 1. The molecular formula is C23H22N2O3. The van der Waals surface area contributed by atoms with Gasteiger partial charge < -0.3 is 9.47 Å². The monoisotopic (exact) mass is 374 g/mol. The second-order valence-electron chi connectivity index (χ2n) is 6.16. The maximum absolute atomic E-state index is 12.0. The van der Waals surface area contributed by atoms with Crippen LogP contribution in [-0.4, -0.2) is 19.2 Å². The summed E-state index contributed by atoms with van der Waals surface area (Å²) in [7, 11) is 1.61. The number of hydrogen-bond donors (Lipinski definition) is 1. The van der Waals surface area contributed by atoms with Gasteiger partial charge in [0.15, 0.2) is 0 Å². The highest BCUT2D eigenvalue weighted by molar-refractivity contribution is 5.83. The van der Waals surface area contributed by atoms with Gasteiger partial charge in [-0.3, -0.25) is 4.79 Å². The van der Waals surface area contributed by atoms with Crippen LogP contribution < -0.4 is 14.9 Å². The zero-order valence-corrected chi connectivity index (χ0v) is 15.7. The van der Waals surface area contributed by atoms with E-state index in [0.717, 1.165) is 28.2 Å². The number of nitrogens with one attached hydrogen (secondary N) is 1. The van der Waals surface area contributed by atoms with Crippen LogP contribution in [0.5, 0.6) is 11.5 Å². The number of nitrogens with zero attached hydrogens (tertiary/aromatic N) is 1. The summed E-state index contributed by atoms with van der Waals surface area (Å²) in [5.74, 6) is 1.33. The number of hydrogen-bond acceptors (Lipinski definition) is 4. The maximum atomic E-state index is 12.0. The Kier molecular flexibility index (Phi) is 6.79. The summed E-state index contributed by atoms with van der Waals surface area (Å²) in [4.78, 5) is 12.0. The molecule has 5 nitrogen and oxygen atoms in total. The zero-order valence-electron chi connectivity index (χ0n) is 15.7. The van der Waals surface area contributed by atoms with Gasteiger partial charge >= 0.3 is 0 Å². The minimum absolute atomic E-state index is 0.183. The maximum Gasteiger partial charge on any atom is 0.244 e. The summed E-state index contributed by atoms with van der Waals surface area (Å²) in [6, 6.07) is 24.9. The molecule has 0 unspecified atom stereocenters. The fraction of sp³-hybridized carbons (Fsp3) is 0.130. The highest BCUT2D eigenvalue weighted by Gasteiger charge is 2.02. The van der Waals surface area contributed by atoms with Crippen molar-refractivity contribution in [2.75, 3.05) is 7.11 Å². The molecule has 5 heteroatoms. The number of carbonyl (C=O) groups is 1. The lowest BCUT2D eigenvalue weighted by Gasteiger charge is -2.06. The van der Waals surface area contributed by atoms with Crippen LogP contribution >= 0.6 is 0 Å². The SMILES string of the molecule is COc1ccc(CC(=O)N/N=C/c2cccc(OCc3ccccc3)c2)cc1. The normalized spacial score (nSPS) is 10.6. The predicted octanol–water partition coefficient (Wildman–Crippen LogP) is 3.97. The smallest absolute Gasteiger partial charge is 0.244 e. The third-order valence-electron chi connectivity index (χ3n) is 4.03. The van der Waals surface area contributed by atoms with Gasteiger partial charge in [-0.05, 0) is 41.0 Å². The third kappa shape index (κ3) is 5.99. The van der Waals surface area contributed by atoms with Crippen LogP contribution in [0.3, 0.4) is 0 Å². The summed E-state index contributed by atoms with van der Waals surface area (Å²) in [6.07, 6.45) is 1.85. The second kappa shape index (κ2) is 9.92. The molecule has 0 heterocycles. The molecule has 3 aromatic carbocycles. The lowest BCUT2D eigenvalue weighted by atomic mass is 10.1. The minimum Gasteiger partial charge on any atom is -0.497 e. The van der Waals surface area contributed by atoms with Gasteiger partial charge in [-0.15, -0.1) is 0 Å². The van der Waals surface area contributed by atoms with E-state index in [2.05, 4.69) is 10.5 Å². The average molecular weight is 374 g/mol. The van der Waals surface area contributed by atoms with Crippen molar-refractivity contribution in [2.45, 2.75) is 13.0 Å². The molecule has 0 aliphatic rings. The van der Waals surface area contributed by atoms with Gasteiger partial charge in [0.2, 0.25) is 5.91 Å². The van der Waals surface area contributed by atoms with E-state index in [1.165, 1.54) is 0 Å². The number of benzene rings is 3. The standard InChI is InChI=1S/C23H22N2O3/c1-27-21-12-10-18(11-13-21)15-23(26)25-24-16-20-8-5-9-22(14-20)28-17-19-6-3-2-4-7-19/h2-14,16H,15,17H2,1H3,(H,25,26)/b24-16+. The highest BCUT2D eigenvalue weighted by Crippen LogP contribution is 2.14. The Morgan fingerprint density at radius 3 is 2.46 bits per heavy atom. The lowest BCUT2D eigenvalue weighted by Crippen LogP contribution is -2.19. The van der Waals surface area contributed by atoms with E-state index >= 15 is 0 Å². The predicted molar refractivity (Wildman–Crippen MR) is 110 cm³/mol. The van der Waals surface area contributed by atoms with E-state index in [9.17, 15) is 4.79 Å². The molecule has 0 atom stereocenters. The van der Waals surface area contributed by atoms with Crippen molar-refractivity contribution in [3.8, 4) is 11.5 Å². The van der Waals surface area contributed by atoms with Gasteiger partial charge in [0, 0.05) is 0 Å². The summed E-state index contributed by atoms with van der Waals surface area (Å²) < 4.78 is 10.9. The van der Waals surface area contributed by atoms with E-state index < -0.39 is 0 Å². The van der Waals surface area contributed by atoms with E-state index in [4.69, 9.17) is 9.47 Å². The van der Waals surface area contributed by atoms with Crippen LogP contribution in [0.15, 0.2) is 84.0 Å². The van der Waals surface area contributed by atoms with Crippen LogP contribution in [0.4, 0.5) is 0 Å². The van der Waals surface area contributed by atoms with Gasteiger partial charge in [-0.1, -0.05) is 54.6 Å². The van der Waals surface area contributed by atoms with Crippen molar-refractivity contribution >= 4 is 12.1 Å². The molecule has 0 aliphatic heterocycles. The Labute approximate surface area is 164 Å². The molecule has 0 fully saturated rings. The van der Waals surface area contributed by atoms with Crippen LogP contribution in [0.2, 0.25) is 0 Å². The van der Waals surface area contributed by atoms with E-state index in [1.54, 1.807) is 13.3 Å². The van der Waals surface area contributed by atoms with Crippen molar-refractivity contribution < 1.29 is 14.3 Å².